The Morgan fingerprint density at radius 1 is 1.15 bits per heavy atom. The highest BCUT2D eigenvalue weighted by Crippen LogP contribution is 2.34. The van der Waals surface area contributed by atoms with Crippen molar-refractivity contribution < 1.29 is 17.6 Å². The van der Waals surface area contributed by atoms with Crippen LogP contribution in [0.3, 0.4) is 0 Å². The van der Waals surface area contributed by atoms with E-state index in [1.165, 1.54) is 30.6 Å². The molecule has 1 N–H and O–H groups in total. The molecule has 3 nitrogen and oxygen atoms in total. The summed E-state index contributed by atoms with van der Waals surface area (Å²) in [4.78, 5) is 7.98. The third-order valence-electron chi connectivity index (χ3n) is 3.90. The summed E-state index contributed by atoms with van der Waals surface area (Å²) in [6.45, 7) is 1.72. The second-order valence-corrected chi connectivity index (χ2v) is 6.34. The lowest BCUT2D eigenvalue weighted by Crippen LogP contribution is -2.21. The molecule has 0 saturated heterocycles. The van der Waals surface area contributed by atoms with Gasteiger partial charge in [-0.2, -0.15) is 13.2 Å². The SMILES string of the molecule is CC(Cc1ccc(Cl)cc1C(F)(F)F)Nc1ncnc2c(F)cccc12. The highest BCUT2D eigenvalue weighted by Gasteiger charge is 2.33. The first-order chi connectivity index (χ1) is 12.3. The molecule has 0 aliphatic heterocycles. The lowest BCUT2D eigenvalue weighted by molar-refractivity contribution is -0.138. The topological polar surface area (TPSA) is 37.8 Å². The van der Waals surface area contributed by atoms with Gasteiger partial charge in [-0.15, -0.1) is 0 Å². The Labute approximate surface area is 152 Å². The predicted octanol–water partition coefficient (Wildman–Crippen LogP) is 5.48. The van der Waals surface area contributed by atoms with E-state index in [-0.39, 0.29) is 22.5 Å². The van der Waals surface area contributed by atoms with Crippen LogP contribution in [0.4, 0.5) is 23.4 Å². The van der Waals surface area contributed by atoms with E-state index in [2.05, 4.69) is 15.3 Å². The molecule has 0 bridgehead atoms. The minimum Gasteiger partial charge on any atom is -0.367 e. The number of alkyl halides is 3. The molecule has 0 fully saturated rings. The van der Waals surface area contributed by atoms with Gasteiger partial charge < -0.3 is 5.32 Å². The molecular formula is C18H14ClF4N3. The molecule has 1 heterocycles. The van der Waals surface area contributed by atoms with Gasteiger partial charge in [-0.1, -0.05) is 23.7 Å². The van der Waals surface area contributed by atoms with E-state index in [1.807, 2.05) is 0 Å². The molecule has 8 heteroatoms. The average Bonchev–Trinajstić information content (AvgIpc) is 2.56. The van der Waals surface area contributed by atoms with Crippen LogP contribution >= 0.6 is 11.6 Å². The lowest BCUT2D eigenvalue weighted by atomic mass is 10.0. The van der Waals surface area contributed by atoms with Crippen molar-refractivity contribution in [1.29, 1.82) is 0 Å². The summed E-state index contributed by atoms with van der Waals surface area (Å²) >= 11 is 5.70. The number of hydrogen-bond donors (Lipinski definition) is 1. The maximum atomic E-state index is 13.8. The summed E-state index contributed by atoms with van der Waals surface area (Å²) in [6.07, 6.45) is -3.19. The zero-order valence-electron chi connectivity index (χ0n) is 13.6. The van der Waals surface area contributed by atoms with Gasteiger partial charge in [0.1, 0.15) is 23.5 Å². The normalized spacial score (nSPS) is 13.0. The molecule has 136 valence electrons. The van der Waals surface area contributed by atoms with Crippen LogP contribution in [0.15, 0.2) is 42.7 Å². The van der Waals surface area contributed by atoms with E-state index in [4.69, 9.17) is 11.6 Å². The van der Waals surface area contributed by atoms with Crippen LogP contribution < -0.4 is 5.32 Å². The fourth-order valence-electron chi connectivity index (χ4n) is 2.77. The number of para-hydroxylation sites is 1. The van der Waals surface area contributed by atoms with Crippen LogP contribution in [-0.4, -0.2) is 16.0 Å². The first-order valence-electron chi connectivity index (χ1n) is 7.77. The van der Waals surface area contributed by atoms with E-state index in [0.29, 0.717) is 11.2 Å². The molecule has 3 rings (SSSR count). The zero-order chi connectivity index (χ0) is 18.9. The minimum atomic E-state index is -4.50. The largest absolute Gasteiger partial charge is 0.416 e. The Hall–Kier alpha value is -2.41. The van der Waals surface area contributed by atoms with Crippen molar-refractivity contribution in [3.8, 4) is 0 Å². The van der Waals surface area contributed by atoms with Gasteiger partial charge in [-0.05, 0) is 43.2 Å². The second-order valence-electron chi connectivity index (χ2n) is 5.91. The maximum absolute atomic E-state index is 13.8. The summed E-state index contributed by atoms with van der Waals surface area (Å²) in [6, 6.07) is 7.77. The zero-order valence-corrected chi connectivity index (χ0v) is 14.4. The number of hydrogen-bond acceptors (Lipinski definition) is 3. The van der Waals surface area contributed by atoms with Crippen molar-refractivity contribution in [3.05, 3.63) is 64.7 Å². The maximum Gasteiger partial charge on any atom is 0.416 e. The van der Waals surface area contributed by atoms with Crippen LogP contribution in [0.25, 0.3) is 10.9 Å². The summed E-state index contributed by atoms with van der Waals surface area (Å²) in [5.41, 5.74) is -0.497. The number of nitrogens with one attached hydrogen (secondary N) is 1. The fourth-order valence-corrected chi connectivity index (χ4v) is 2.94. The third-order valence-corrected chi connectivity index (χ3v) is 4.14. The number of halogens is 5. The Morgan fingerprint density at radius 2 is 1.92 bits per heavy atom. The van der Waals surface area contributed by atoms with Gasteiger partial charge in [-0.3, -0.25) is 0 Å². The van der Waals surface area contributed by atoms with Crippen molar-refractivity contribution in [3.63, 3.8) is 0 Å². The number of benzene rings is 2. The van der Waals surface area contributed by atoms with Gasteiger partial charge in [0.05, 0.1) is 5.56 Å². The summed E-state index contributed by atoms with van der Waals surface area (Å²) < 4.78 is 53.5. The number of nitrogens with zero attached hydrogens (tertiary/aromatic N) is 2. The Bertz CT molecular complexity index is 943. The smallest absolute Gasteiger partial charge is 0.367 e. The average molecular weight is 384 g/mol. The molecule has 0 amide bonds. The molecule has 0 saturated carbocycles. The lowest BCUT2D eigenvalue weighted by Gasteiger charge is -2.19. The van der Waals surface area contributed by atoms with Gasteiger partial charge in [0.2, 0.25) is 0 Å². The molecule has 1 atom stereocenters. The van der Waals surface area contributed by atoms with Crippen LogP contribution in [0.5, 0.6) is 0 Å². The molecule has 0 spiro atoms. The minimum absolute atomic E-state index is 0.0268. The number of aromatic nitrogens is 2. The van der Waals surface area contributed by atoms with Gasteiger partial charge >= 0.3 is 6.18 Å². The molecule has 26 heavy (non-hydrogen) atoms. The van der Waals surface area contributed by atoms with E-state index in [1.54, 1.807) is 13.0 Å². The highest BCUT2D eigenvalue weighted by atomic mass is 35.5. The second kappa shape index (κ2) is 7.07. The summed E-state index contributed by atoms with van der Waals surface area (Å²) in [7, 11) is 0. The number of anilines is 1. The van der Waals surface area contributed by atoms with E-state index in [9.17, 15) is 17.6 Å². The third kappa shape index (κ3) is 3.88. The first kappa shape index (κ1) is 18.4. The Morgan fingerprint density at radius 3 is 2.65 bits per heavy atom. The van der Waals surface area contributed by atoms with Gasteiger partial charge in [0.15, 0.2) is 0 Å². The summed E-state index contributed by atoms with van der Waals surface area (Å²) in [5.74, 6) is -0.123. The van der Waals surface area contributed by atoms with E-state index >= 15 is 0 Å². The fraction of sp³-hybridized carbons (Fsp3) is 0.222. The number of rotatable bonds is 4. The van der Waals surface area contributed by atoms with Crippen molar-refractivity contribution in [2.24, 2.45) is 0 Å². The summed E-state index contributed by atoms with van der Waals surface area (Å²) in [5, 5.41) is 3.53. The highest BCUT2D eigenvalue weighted by molar-refractivity contribution is 6.30. The molecule has 2 aromatic carbocycles. The van der Waals surface area contributed by atoms with Crippen LogP contribution in [0, 0.1) is 5.82 Å². The molecule has 3 aromatic rings. The molecule has 0 aliphatic carbocycles. The predicted molar refractivity (Wildman–Crippen MR) is 92.7 cm³/mol. The van der Waals surface area contributed by atoms with Crippen LogP contribution in [-0.2, 0) is 12.6 Å². The first-order valence-corrected chi connectivity index (χ1v) is 8.15. The molecule has 0 radical (unpaired) electrons. The molecule has 0 aliphatic rings. The van der Waals surface area contributed by atoms with Crippen molar-refractivity contribution >= 4 is 28.3 Å². The van der Waals surface area contributed by atoms with Crippen molar-refractivity contribution in [2.45, 2.75) is 25.6 Å². The monoisotopic (exact) mass is 383 g/mol. The van der Waals surface area contributed by atoms with Gasteiger partial charge in [0.25, 0.3) is 0 Å². The Kier molecular flexibility index (Phi) is 5.00. The van der Waals surface area contributed by atoms with Crippen molar-refractivity contribution in [2.75, 3.05) is 5.32 Å². The standard InChI is InChI=1S/C18H14ClF4N3/c1-10(7-11-5-6-12(19)8-14(11)18(21,22)23)26-17-13-3-2-4-15(20)16(13)24-9-25-17/h2-6,8-10H,7H2,1H3,(H,24,25,26). The molecular weight excluding hydrogens is 370 g/mol. The van der Waals surface area contributed by atoms with Crippen LogP contribution in [0.2, 0.25) is 5.02 Å². The number of fused-ring (bicyclic) bond motifs is 1. The van der Waals surface area contributed by atoms with Crippen molar-refractivity contribution in [1.82, 2.24) is 9.97 Å². The molecule has 1 unspecified atom stereocenters. The van der Waals surface area contributed by atoms with E-state index in [0.717, 1.165) is 6.07 Å². The van der Waals surface area contributed by atoms with E-state index < -0.39 is 23.6 Å². The van der Waals surface area contributed by atoms with Gasteiger partial charge in [0, 0.05) is 16.5 Å². The quantitative estimate of drug-likeness (QED) is 0.606. The van der Waals surface area contributed by atoms with Gasteiger partial charge in [-0.25, -0.2) is 14.4 Å². The Balaban J connectivity index is 1.87. The van der Waals surface area contributed by atoms with Crippen LogP contribution in [0.1, 0.15) is 18.1 Å². The molecule has 1 aromatic heterocycles.